The predicted octanol–water partition coefficient (Wildman–Crippen LogP) is 2.54. The van der Waals surface area contributed by atoms with Gasteiger partial charge in [0, 0.05) is 12.1 Å². The number of carbonyl (C=O) groups is 1. The number of nitrogens with zero attached hydrogens (tertiary/aromatic N) is 2. The van der Waals surface area contributed by atoms with Crippen molar-refractivity contribution in [3.05, 3.63) is 51.2 Å². The van der Waals surface area contributed by atoms with Gasteiger partial charge in [0.05, 0.1) is 17.8 Å². The molecule has 1 heterocycles. The van der Waals surface area contributed by atoms with Gasteiger partial charge in [-0.2, -0.15) is 0 Å². The fourth-order valence-corrected chi connectivity index (χ4v) is 1.93. The Bertz CT molecular complexity index is 696. The van der Waals surface area contributed by atoms with E-state index in [9.17, 15) is 20.0 Å². The summed E-state index contributed by atoms with van der Waals surface area (Å²) in [7, 11) is 1.42. The summed E-state index contributed by atoms with van der Waals surface area (Å²) < 4.78 is 1.17. The van der Waals surface area contributed by atoms with Crippen LogP contribution in [0.15, 0.2) is 30.3 Å². The number of phenolic OH excluding ortho intramolecular Hbond substituents is 1. The number of rotatable bonds is 3. The largest absolute Gasteiger partial charge is 0.508 e. The van der Waals surface area contributed by atoms with E-state index in [1.807, 2.05) is 0 Å². The fourth-order valence-electron chi connectivity index (χ4n) is 1.70. The quantitative estimate of drug-likeness (QED) is 0.516. The van der Waals surface area contributed by atoms with Gasteiger partial charge in [0.25, 0.3) is 5.91 Å². The molecule has 0 atom stereocenters. The lowest BCUT2D eigenvalue weighted by Gasteiger charge is -2.06. The van der Waals surface area contributed by atoms with Crippen molar-refractivity contribution in [1.82, 2.24) is 4.57 Å². The van der Waals surface area contributed by atoms with Crippen molar-refractivity contribution in [1.29, 1.82) is 0 Å². The zero-order valence-corrected chi connectivity index (χ0v) is 11.1. The molecule has 0 unspecified atom stereocenters. The molecule has 0 bridgehead atoms. The average molecular weight is 296 g/mol. The van der Waals surface area contributed by atoms with E-state index in [1.54, 1.807) is 0 Å². The van der Waals surface area contributed by atoms with Crippen molar-refractivity contribution in [2.24, 2.45) is 7.05 Å². The topological polar surface area (TPSA) is 97.4 Å². The normalized spacial score (nSPS) is 10.3. The number of anilines is 1. The molecule has 0 aliphatic rings. The maximum atomic E-state index is 12.0. The maximum Gasteiger partial charge on any atom is 0.323 e. The highest BCUT2D eigenvalue weighted by molar-refractivity contribution is 6.34. The monoisotopic (exact) mass is 295 g/mol. The lowest BCUT2D eigenvalue weighted by molar-refractivity contribution is -0.391. The molecule has 0 spiro atoms. The minimum atomic E-state index is -0.579. The summed E-state index contributed by atoms with van der Waals surface area (Å²) in [4.78, 5) is 22.2. The highest BCUT2D eigenvalue weighted by Gasteiger charge is 2.21. The van der Waals surface area contributed by atoms with Crippen molar-refractivity contribution in [2.45, 2.75) is 0 Å². The molecule has 8 heteroatoms. The summed E-state index contributed by atoms with van der Waals surface area (Å²) >= 11 is 5.87. The molecule has 0 saturated carbocycles. The summed E-state index contributed by atoms with van der Waals surface area (Å²) in [6.07, 6.45) is 0. The predicted molar refractivity (Wildman–Crippen MR) is 73.1 cm³/mol. The van der Waals surface area contributed by atoms with E-state index < -0.39 is 10.8 Å². The van der Waals surface area contributed by atoms with E-state index in [0.717, 1.165) is 0 Å². The van der Waals surface area contributed by atoms with E-state index in [0.29, 0.717) is 5.69 Å². The molecular formula is C12H10ClN3O4. The standard InChI is InChI=1S/C12H10ClN3O4/c1-15-10(4-5-11(15)16(19)20)12(18)14-9-3-2-7(17)6-8(9)13/h2-6,17H,1H3,(H,14,18). The molecule has 1 amide bonds. The molecule has 1 aromatic heterocycles. The Morgan fingerprint density at radius 2 is 2.10 bits per heavy atom. The molecule has 2 rings (SSSR count). The summed E-state index contributed by atoms with van der Waals surface area (Å²) in [6, 6.07) is 6.68. The molecule has 2 N–H and O–H groups in total. The first-order valence-corrected chi connectivity index (χ1v) is 5.88. The van der Waals surface area contributed by atoms with E-state index in [-0.39, 0.29) is 22.3 Å². The number of nitrogens with one attached hydrogen (secondary N) is 1. The van der Waals surface area contributed by atoms with Crippen molar-refractivity contribution >= 4 is 29.0 Å². The minimum Gasteiger partial charge on any atom is -0.508 e. The average Bonchev–Trinajstić information content (AvgIpc) is 2.74. The second kappa shape index (κ2) is 5.22. The van der Waals surface area contributed by atoms with Crippen LogP contribution >= 0.6 is 11.6 Å². The van der Waals surface area contributed by atoms with Gasteiger partial charge in [0.2, 0.25) is 0 Å². The molecule has 0 radical (unpaired) electrons. The van der Waals surface area contributed by atoms with Crippen LogP contribution in [0.2, 0.25) is 5.02 Å². The SMILES string of the molecule is Cn1c(C(=O)Nc2ccc(O)cc2Cl)ccc1[N+](=O)[O-]. The van der Waals surface area contributed by atoms with Gasteiger partial charge in [0.15, 0.2) is 5.69 Å². The van der Waals surface area contributed by atoms with Crippen molar-refractivity contribution in [3.63, 3.8) is 0 Å². The molecule has 0 fully saturated rings. The van der Waals surface area contributed by atoms with Crippen LogP contribution in [-0.2, 0) is 7.05 Å². The molecule has 0 aliphatic carbocycles. The molecule has 0 aliphatic heterocycles. The van der Waals surface area contributed by atoms with E-state index in [4.69, 9.17) is 11.6 Å². The molecular weight excluding hydrogens is 286 g/mol. The first kappa shape index (κ1) is 13.9. The van der Waals surface area contributed by atoms with E-state index >= 15 is 0 Å². The first-order chi connectivity index (χ1) is 9.40. The van der Waals surface area contributed by atoms with Crippen LogP contribution in [0.25, 0.3) is 0 Å². The third kappa shape index (κ3) is 2.57. The summed E-state index contributed by atoms with van der Waals surface area (Å²) in [5.41, 5.74) is 0.430. The Morgan fingerprint density at radius 3 is 2.65 bits per heavy atom. The Morgan fingerprint density at radius 1 is 1.40 bits per heavy atom. The lowest BCUT2D eigenvalue weighted by atomic mass is 10.3. The number of benzene rings is 1. The summed E-state index contributed by atoms with van der Waals surface area (Å²) in [6.45, 7) is 0. The first-order valence-electron chi connectivity index (χ1n) is 5.50. The van der Waals surface area contributed by atoms with Crippen LogP contribution in [-0.4, -0.2) is 20.5 Å². The number of aromatic hydroxyl groups is 1. The van der Waals surface area contributed by atoms with E-state index in [2.05, 4.69) is 5.32 Å². The molecule has 0 saturated heterocycles. The van der Waals surface area contributed by atoms with Crippen LogP contribution in [0.5, 0.6) is 5.75 Å². The number of aromatic nitrogens is 1. The van der Waals surface area contributed by atoms with Gasteiger partial charge in [-0.1, -0.05) is 11.6 Å². The lowest BCUT2D eigenvalue weighted by Crippen LogP contribution is -2.16. The second-order valence-corrected chi connectivity index (χ2v) is 4.42. The van der Waals surface area contributed by atoms with Crippen molar-refractivity contribution in [2.75, 3.05) is 5.32 Å². The van der Waals surface area contributed by atoms with Gasteiger partial charge in [0.1, 0.15) is 5.75 Å². The number of hydrogen-bond donors (Lipinski definition) is 2. The van der Waals surface area contributed by atoms with Gasteiger partial charge in [-0.25, -0.2) is 4.57 Å². The number of phenols is 1. The second-order valence-electron chi connectivity index (χ2n) is 4.01. The Balaban J connectivity index is 2.26. The van der Waals surface area contributed by atoms with Crippen molar-refractivity contribution < 1.29 is 14.8 Å². The smallest absolute Gasteiger partial charge is 0.323 e. The molecule has 7 nitrogen and oxygen atoms in total. The molecule has 1 aromatic carbocycles. The Kier molecular flexibility index (Phi) is 3.62. The van der Waals surface area contributed by atoms with Gasteiger partial charge in [-0.05, 0) is 23.1 Å². The van der Waals surface area contributed by atoms with Crippen LogP contribution in [0.3, 0.4) is 0 Å². The third-order valence-corrected chi connectivity index (χ3v) is 3.03. The Labute approximate surface area is 118 Å². The Hall–Kier alpha value is -2.54. The summed E-state index contributed by atoms with van der Waals surface area (Å²) in [5, 5.41) is 22.6. The highest BCUT2D eigenvalue weighted by Crippen LogP contribution is 2.26. The van der Waals surface area contributed by atoms with Gasteiger partial charge < -0.3 is 20.5 Å². The summed E-state index contributed by atoms with van der Waals surface area (Å²) in [5.74, 6) is -0.748. The number of hydrogen-bond acceptors (Lipinski definition) is 4. The van der Waals surface area contributed by atoms with Gasteiger partial charge in [-0.15, -0.1) is 0 Å². The molecule has 2 aromatic rings. The fraction of sp³-hybridized carbons (Fsp3) is 0.0833. The number of carbonyl (C=O) groups excluding carboxylic acids is 1. The highest BCUT2D eigenvalue weighted by atomic mass is 35.5. The van der Waals surface area contributed by atoms with Gasteiger partial charge >= 0.3 is 5.82 Å². The maximum absolute atomic E-state index is 12.0. The number of halogens is 1. The molecule has 104 valence electrons. The van der Waals surface area contributed by atoms with Crippen LogP contribution in [0.4, 0.5) is 11.5 Å². The third-order valence-electron chi connectivity index (χ3n) is 2.72. The number of amides is 1. The number of nitro groups is 1. The zero-order chi connectivity index (χ0) is 14.9. The van der Waals surface area contributed by atoms with Crippen LogP contribution in [0.1, 0.15) is 10.5 Å². The van der Waals surface area contributed by atoms with Gasteiger partial charge in [-0.3, -0.25) is 4.79 Å². The van der Waals surface area contributed by atoms with E-state index in [1.165, 1.54) is 41.9 Å². The van der Waals surface area contributed by atoms with Crippen LogP contribution in [0, 0.1) is 10.1 Å². The molecule has 20 heavy (non-hydrogen) atoms. The van der Waals surface area contributed by atoms with Crippen LogP contribution < -0.4 is 5.32 Å². The minimum absolute atomic E-state index is 0.0255. The van der Waals surface area contributed by atoms with Crippen molar-refractivity contribution in [3.8, 4) is 5.75 Å². The zero-order valence-electron chi connectivity index (χ0n) is 10.3.